The van der Waals surface area contributed by atoms with Gasteiger partial charge in [-0.15, -0.1) is 0 Å². The topological polar surface area (TPSA) is 24.4 Å². The van der Waals surface area contributed by atoms with Crippen LogP contribution in [0.5, 0.6) is 0 Å². The van der Waals surface area contributed by atoms with E-state index in [9.17, 15) is 4.39 Å². The molecule has 25 heavy (non-hydrogen) atoms. The highest BCUT2D eigenvalue weighted by atomic mass is 32.9. The summed E-state index contributed by atoms with van der Waals surface area (Å²) in [5.74, 6) is -0.239. The van der Waals surface area contributed by atoms with Crippen LogP contribution in [0.4, 0.5) is 15.8 Å². The summed E-state index contributed by atoms with van der Waals surface area (Å²) in [6, 6.07) is 10.8. The Balaban J connectivity index is 2.01. The SMILES string of the molecule is Cc1cc(C)c2c(c1)NC(C)(C)c1ssc(=Nc3ccc(F)cc3)c1-2. The lowest BCUT2D eigenvalue weighted by Crippen LogP contribution is -2.32. The van der Waals surface area contributed by atoms with E-state index in [1.165, 1.54) is 39.3 Å². The van der Waals surface area contributed by atoms with Crippen molar-refractivity contribution in [3.8, 4) is 11.1 Å². The number of hydrogen-bond donors (Lipinski definition) is 1. The van der Waals surface area contributed by atoms with Gasteiger partial charge < -0.3 is 5.32 Å². The van der Waals surface area contributed by atoms with Crippen molar-refractivity contribution in [3.05, 3.63) is 62.9 Å². The molecular weight excluding hydrogens is 351 g/mol. The third kappa shape index (κ3) is 2.81. The molecular formula is C20H19FN2S2. The largest absolute Gasteiger partial charge is 0.375 e. The van der Waals surface area contributed by atoms with Gasteiger partial charge in [-0.25, -0.2) is 9.38 Å². The zero-order valence-electron chi connectivity index (χ0n) is 14.6. The smallest absolute Gasteiger partial charge is 0.135 e. The lowest BCUT2D eigenvalue weighted by molar-refractivity contribution is 0.619. The van der Waals surface area contributed by atoms with Crippen molar-refractivity contribution in [2.75, 3.05) is 5.32 Å². The van der Waals surface area contributed by atoms with Crippen molar-refractivity contribution in [2.45, 2.75) is 33.2 Å². The van der Waals surface area contributed by atoms with Gasteiger partial charge in [0.25, 0.3) is 0 Å². The van der Waals surface area contributed by atoms with Crippen LogP contribution in [0.2, 0.25) is 0 Å². The summed E-state index contributed by atoms with van der Waals surface area (Å²) in [5.41, 5.74) is 6.76. The van der Waals surface area contributed by atoms with Crippen molar-refractivity contribution in [2.24, 2.45) is 4.99 Å². The van der Waals surface area contributed by atoms with Crippen LogP contribution >= 0.6 is 20.7 Å². The van der Waals surface area contributed by atoms with Gasteiger partial charge in [0.15, 0.2) is 0 Å². The maximum Gasteiger partial charge on any atom is 0.135 e. The van der Waals surface area contributed by atoms with Crippen molar-refractivity contribution >= 4 is 32.1 Å². The number of aryl methyl sites for hydroxylation is 2. The third-order valence-electron chi connectivity index (χ3n) is 4.45. The Morgan fingerprint density at radius 2 is 1.72 bits per heavy atom. The zero-order valence-corrected chi connectivity index (χ0v) is 16.2. The number of rotatable bonds is 1. The Kier molecular flexibility index (Phi) is 3.81. The maximum absolute atomic E-state index is 13.2. The van der Waals surface area contributed by atoms with E-state index in [2.05, 4.69) is 45.1 Å². The molecule has 0 saturated heterocycles. The summed E-state index contributed by atoms with van der Waals surface area (Å²) >= 11 is 0. The predicted molar refractivity (Wildman–Crippen MR) is 105 cm³/mol. The molecule has 4 rings (SSSR count). The average Bonchev–Trinajstić information content (AvgIpc) is 2.93. The fourth-order valence-electron chi connectivity index (χ4n) is 3.40. The molecule has 2 heterocycles. The van der Waals surface area contributed by atoms with Gasteiger partial charge in [0.05, 0.1) is 16.1 Å². The number of hydrogen-bond acceptors (Lipinski definition) is 4. The molecule has 0 unspecified atom stereocenters. The van der Waals surface area contributed by atoms with E-state index in [0.29, 0.717) is 0 Å². The summed E-state index contributed by atoms with van der Waals surface area (Å²) in [5, 5.41) is 3.68. The molecule has 1 aromatic heterocycles. The summed E-state index contributed by atoms with van der Waals surface area (Å²) in [4.78, 5) is 6.12. The van der Waals surface area contributed by atoms with Crippen LogP contribution in [-0.2, 0) is 5.54 Å². The number of nitrogens with one attached hydrogen (secondary N) is 1. The van der Waals surface area contributed by atoms with E-state index >= 15 is 0 Å². The highest BCUT2D eigenvalue weighted by Gasteiger charge is 2.34. The molecule has 128 valence electrons. The monoisotopic (exact) mass is 370 g/mol. The van der Waals surface area contributed by atoms with Crippen LogP contribution in [0, 0.1) is 19.7 Å². The fraction of sp³-hybridized carbons (Fsp3) is 0.250. The summed E-state index contributed by atoms with van der Waals surface area (Å²) < 4.78 is 14.2. The molecule has 1 aliphatic rings. The molecule has 5 heteroatoms. The van der Waals surface area contributed by atoms with Crippen LogP contribution in [0.15, 0.2) is 41.4 Å². The van der Waals surface area contributed by atoms with Crippen molar-refractivity contribution in [1.82, 2.24) is 0 Å². The molecule has 3 aromatic rings. The lowest BCUT2D eigenvalue weighted by Gasteiger charge is -2.34. The van der Waals surface area contributed by atoms with Gasteiger partial charge in [-0.2, -0.15) is 0 Å². The van der Waals surface area contributed by atoms with Gasteiger partial charge >= 0.3 is 0 Å². The highest BCUT2D eigenvalue weighted by molar-refractivity contribution is 7.68. The Morgan fingerprint density at radius 3 is 2.44 bits per heavy atom. The normalized spacial score (nSPS) is 15.5. The van der Waals surface area contributed by atoms with Gasteiger partial charge in [0, 0.05) is 16.8 Å². The van der Waals surface area contributed by atoms with E-state index < -0.39 is 0 Å². The maximum atomic E-state index is 13.2. The minimum absolute atomic E-state index is 0.139. The van der Waals surface area contributed by atoms with Crippen LogP contribution in [-0.4, -0.2) is 0 Å². The molecule has 0 spiro atoms. The minimum Gasteiger partial charge on any atom is -0.375 e. The second kappa shape index (κ2) is 5.78. The molecule has 0 aliphatic carbocycles. The van der Waals surface area contributed by atoms with Crippen molar-refractivity contribution in [1.29, 1.82) is 0 Å². The molecule has 0 amide bonds. The summed E-state index contributed by atoms with van der Waals surface area (Å²) in [7, 11) is 3.45. The van der Waals surface area contributed by atoms with Gasteiger partial charge in [-0.05, 0) is 69.2 Å². The number of nitrogens with zero attached hydrogens (tertiary/aromatic N) is 1. The van der Waals surface area contributed by atoms with E-state index in [4.69, 9.17) is 4.99 Å². The Hall–Kier alpha value is -1.98. The first-order chi connectivity index (χ1) is 11.8. The van der Waals surface area contributed by atoms with Gasteiger partial charge in [0.1, 0.15) is 10.5 Å². The fourth-order valence-corrected chi connectivity index (χ4v) is 6.32. The van der Waals surface area contributed by atoms with Crippen LogP contribution in [0.3, 0.4) is 0 Å². The lowest BCUT2D eigenvalue weighted by atomic mass is 9.87. The van der Waals surface area contributed by atoms with E-state index in [-0.39, 0.29) is 11.4 Å². The average molecular weight is 371 g/mol. The predicted octanol–water partition coefficient (Wildman–Crippen LogP) is 6.13. The molecule has 0 saturated carbocycles. The first-order valence-corrected chi connectivity index (χ1v) is 10.3. The second-order valence-electron chi connectivity index (χ2n) is 7.02. The Bertz CT molecular complexity index is 1030. The Labute approximate surface area is 154 Å². The van der Waals surface area contributed by atoms with Crippen LogP contribution < -0.4 is 9.99 Å². The molecule has 2 nitrogen and oxygen atoms in total. The molecule has 2 aromatic carbocycles. The molecule has 0 atom stereocenters. The number of fused-ring (bicyclic) bond motifs is 3. The molecule has 1 N–H and O–H groups in total. The Morgan fingerprint density at radius 1 is 1.00 bits per heavy atom. The zero-order chi connectivity index (χ0) is 17.8. The van der Waals surface area contributed by atoms with Gasteiger partial charge in [-0.1, -0.05) is 26.7 Å². The third-order valence-corrected chi connectivity index (χ3v) is 7.09. The van der Waals surface area contributed by atoms with Crippen LogP contribution in [0.25, 0.3) is 11.1 Å². The minimum atomic E-state index is -0.239. The van der Waals surface area contributed by atoms with E-state index in [1.54, 1.807) is 32.8 Å². The summed E-state index contributed by atoms with van der Waals surface area (Å²) in [6.45, 7) is 8.69. The summed E-state index contributed by atoms with van der Waals surface area (Å²) in [6.07, 6.45) is 0. The number of halogens is 1. The molecule has 0 radical (unpaired) electrons. The molecule has 1 aliphatic heterocycles. The highest BCUT2D eigenvalue weighted by Crippen LogP contribution is 2.47. The first kappa shape index (κ1) is 16.5. The quantitative estimate of drug-likeness (QED) is 0.512. The van der Waals surface area contributed by atoms with E-state index in [0.717, 1.165) is 16.0 Å². The molecule has 0 fully saturated rings. The van der Waals surface area contributed by atoms with E-state index in [1.807, 2.05) is 0 Å². The van der Waals surface area contributed by atoms with Gasteiger partial charge in [0.2, 0.25) is 0 Å². The molecule has 0 bridgehead atoms. The van der Waals surface area contributed by atoms with Crippen molar-refractivity contribution < 1.29 is 4.39 Å². The van der Waals surface area contributed by atoms with Crippen molar-refractivity contribution in [3.63, 3.8) is 0 Å². The van der Waals surface area contributed by atoms with Crippen LogP contribution in [0.1, 0.15) is 29.9 Å². The number of benzene rings is 2. The first-order valence-electron chi connectivity index (χ1n) is 8.19. The number of anilines is 1. The van der Waals surface area contributed by atoms with Gasteiger partial charge in [-0.3, -0.25) is 0 Å². The standard InChI is InChI=1S/C20H19FN2S2/c1-11-9-12(2)16-15(10-11)23-20(3,4)18-17(16)19(25-24-18)22-14-7-5-13(21)6-8-14/h5-10,23H,1-4H3. The second-order valence-corrected chi connectivity index (χ2v) is 9.15.